The van der Waals surface area contributed by atoms with E-state index < -0.39 is 0 Å². The van der Waals surface area contributed by atoms with Crippen molar-refractivity contribution in [2.24, 2.45) is 11.3 Å². The SMILES string of the molecule is CCOC1CC(NC(=O)CC2CCNCC2)C1(C)C. The van der Waals surface area contributed by atoms with Crippen LogP contribution in [-0.4, -0.2) is 37.7 Å². The molecular weight excluding hydrogens is 240 g/mol. The van der Waals surface area contributed by atoms with Gasteiger partial charge in [-0.05, 0) is 45.2 Å². The molecule has 1 aliphatic heterocycles. The van der Waals surface area contributed by atoms with Crippen LogP contribution in [0.15, 0.2) is 0 Å². The average Bonchev–Trinajstić information content (AvgIpc) is 2.39. The maximum atomic E-state index is 12.1. The Balaban J connectivity index is 1.74. The van der Waals surface area contributed by atoms with Gasteiger partial charge in [0.05, 0.1) is 6.10 Å². The zero-order valence-corrected chi connectivity index (χ0v) is 12.5. The lowest BCUT2D eigenvalue weighted by atomic mass is 9.64. The normalized spacial score (nSPS) is 30.7. The van der Waals surface area contributed by atoms with E-state index in [1.165, 1.54) is 0 Å². The highest BCUT2D eigenvalue weighted by atomic mass is 16.5. The third-order valence-corrected chi connectivity index (χ3v) is 4.81. The smallest absolute Gasteiger partial charge is 0.220 e. The van der Waals surface area contributed by atoms with Crippen molar-refractivity contribution in [1.29, 1.82) is 0 Å². The molecule has 1 heterocycles. The number of carbonyl (C=O) groups is 1. The first-order valence-corrected chi connectivity index (χ1v) is 7.65. The highest BCUT2D eigenvalue weighted by Crippen LogP contribution is 2.42. The summed E-state index contributed by atoms with van der Waals surface area (Å²) >= 11 is 0. The van der Waals surface area contributed by atoms with Gasteiger partial charge in [-0.2, -0.15) is 0 Å². The summed E-state index contributed by atoms with van der Waals surface area (Å²) in [5.41, 5.74) is 0.0692. The lowest BCUT2D eigenvalue weighted by molar-refractivity contribution is -0.137. The third kappa shape index (κ3) is 3.48. The lowest BCUT2D eigenvalue weighted by Gasteiger charge is -2.51. The Kier molecular flexibility index (Phi) is 4.85. The molecule has 110 valence electrons. The molecule has 1 saturated heterocycles. The standard InChI is InChI=1S/C15H28N2O2/c1-4-19-13-10-12(15(13,2)3)17-14(18)9-11-5-7-16-8-6-11/h11-13,16H,4-10H2,1-3H3,(H,17,18). The summed E-state index contributed by atoms with van der Waals surface area (Å²) in [6.07, 6.45) is 4.19. The molecule has 2 rings (SSSR count). The monoisotopic (exact) mass is 268 g/mol. The zero-order chi connectivity index (χ0) is 13.9. The van der Waals surface area contributed by atoms with Crippen LogP contribution < -0.4 is 10.6 Å². The summed E-state index contributed by atoms with van der Waals surface area (Å²) in [6.45, 7) is 9.26. The fourth-order valence-corrected chi connectivity index (χ4v) is 3.22. The van der Waals surface area contributed by atoms with E-state index in [0.29, 0.717) is 18.4 Å². The summed E-state index contributed by atoms with van der Waals surface area (Å²) in [5, 5.41) is 6.54. The Morgan fingerprint density at radius 2 is 2.05 bits per heavy atom. The molecule has 0 bridgehead atoms. The summed E-state index contributed by atoms with van der Waals surface area (Å²) in [4.78, 5) is 12.1. The van der Waals surface area contributed by atoms with E-state index in [1.807, 2.05) is 6.92 Å². The molecule has 0 aromatic carbocycles. The summed E-state index contributed by atoms with van der Waals surface area (Å²) in [5.74, 6) is 0.784. The Morgan fingerprint density at radius 1 is 1.37 bits per heavy atom. The maximum Gasteiger partial charge on any atom is 0.220 e. The van der Waals surface area contributed by atoms with Gasteiger partial charge in [-0.15, -0.1) is 0 Å². The number of carbonyl (C=O) groups excluding carboxylic acids is 1. The van der Waals surface area contributed by atoms with E-state index in [-0.39, 0.29) is 17.4 Å². The maximum absolute atomic E-state index is 12.1. The molecule has 2 atom stereocenters. The summed E-state index contributed by atoms with van der Waals surface area (Å²) in [7, 11) is 0. The highest BCUT2D eigenvalue weighted by molar-refractivity contribution is 5.76. The van der Waals surface area contributed by atoms with Gasteiger partial charge in [0.15, 0.2) is 0 Å². The molecule has 0 aromatic heterocycles. The molecule has 1 saturated carbocycles. The van der Waals surface area contributed by atoms with Crippen molar-refractivity contribution >= 4 is 5.91 Å². The Labute approximate surface area is 116 Å². The molecule has 0 aromatic rings. The zero-order valence-electron chi connectivity index (χ0n) is 12.5. The predicted molar refractivity (Wildman–Crippen MR) is 76.0 cm³/mol. The Bertz CT molecular complexity index is 311. The molecule has 1 aliphatic carbocycles. The molecule has 0 radical (unpaired) electrons. The lowest BCUT2D eigenvalue weighted by Crippen LogP contribution is -2.62. The van der Waals surface area contributed by atoms with Crippen molar-refractivity contribution in [2.45, 2.75) is 58.6 Å². The van der Waals surface area contributed by atoms with Crippen LogP contribution >= 0.6 is 0 Å². The van der Waals surface area contributed by atoms with Crippen molar-refractivity contribution < 1.29 is 9.53 Å². The van der Waals surface area contributed by atoms with Crippen LogP contribution in [0, 0.1) is 11.3 Å². The van der Waals surface area contributed by atoms with Crippen LogP contribution in [0.2, 0.25) is 0 Å². The number of rotatable bonds is 5. The first-order chi connectivity index (χ1) is 9.04. The van der Waals surface area contributed by atoms with E-state index in [1.54, 1.807) is 0 Å². The van der Waals surface area contributed by atoms with Gasteiger partial charge in [-0.1, -0.05) is 13.8 Å². The molecule has 4 nitrogen and oxygen atoms in total. The van der Waals surface area contributed by atoms with Crippen LogP contribution in [0.1, 0.15) is 46.5 Å². The van der Waals surface area contributed by atoms with Crippen molar-refractivity contribution in [3.8, 4) is 0 Å². The number of hydrogen-bond acceptors (Lipinski definition) is 3. The first kappa shape index (κ1) is 14.8. The van der Waals surface area contributed by atoms with E-state index >= 15 is 0 Å². The topological polar surface area (TPSA) is 50.4 Å². The number of piperidine rings is 1. The first-order valence-electron chi connectivity index (χ1n) is 7.65. The second-order valence-corrected chi connectivity index (χ2v) is 6.52. The number of amides is 1. The van der Waals surface area contributed by atoms with Crippen LogP contribution in [-0.2, 0) is 9.53 Å². The fraction of sp³-hybridized carbons (Fsp3) is 0.933. The van der Waals surface area contributed by atoms with Gasteiger partial charge in [0.25, 0.3) is 0 Å². The van der Waals surface area contributed by atoms with E-state index in [9.17, 15) is 4.79 Å². The molecule has 2 N–H and O–H groups in total. The molecule has 0 spiro atoms. The second kappa shape index (κ2) is 6.23. The minimum Gasteiger partial charge on any atom is -0.378 e. The molecule has 1 amide bonds. The minimum absolute atomic E-state index is 0.0692. The van der Waals surface area contributed by atoms with Gasteiger partial charge in [0.1, 0.15) is 0 Å². The summed E-state index contributed by atoms with van der Waals surface area (Å²) < 4.78 is 5.70. The molecule has 2 aliphatic rings. The third-order valence-electron chi connectivity index (χ3n) is 4.81. The van der Waals surface area contributed by atoms with E-state index in [4.69, 9.17) is 4.74 Å². The van der Waals surface area contributed by atoms with Gasteiger partial charge < -0.3 is 15.4 Å². The van der Waals surface area contributed by atoms with Gasteiger partial charge in [-0.25, -0.2) is 0 Å². The minimum atomic E-state index is 0.0692. The van der Waals surface area contributed by atoms with Gasteiger partial charge in [-0.3, -0.25) is 4.79 Å². The van der Waals surface area contributed by atoms with Crippen LogP contribution in [0.25, 0.3) is 0 Å². The van der Waals surface area contributed by atoms with Crippen LogP contribution in [0.3, 0.4) is 0 Å². The van der Waals surface area contributed by atoms with E-state index in [2.05, 4.69) is 24.5 Å². The summed E-state index contributed by atoms with van der Waals surface area (Å²) in [6, 6.07) is 0.276. The van der Waals surface area contributed by atoms with Crippen molar-refractivity contribution in [3.63, 3.8) is 0 Å². The number of hydrogen-bond donors (Lipinski definition) is 2. The van der Waals surface area contributed by atoms with Crippen LogP contribution in [0.4, 0.5) is 0 Å². The fourth-order valence-electron chi connectivity index (χ4n) is 3.22. The molecular formula is C15H28N2O2. The second-order valence-electron chi connectivity index (χ2n) is 6.52. The van der Waals surface area contributed by atoms with Crippen molar-refractivity contribution in [3.05, 3.63) is 0 Å². The molecule has 19 heavy (non-hydrogen) atoms. The predicted octanol–water partition coefficient (Wildman–Crippen LogP) is 1.70. The quantitative estimate of drug-likeness (QED) is 0.798. The molecule has 2 unspecified atom stereocenters. The van der Waals surface area contributed by atoms with Gasteiger partial charge in [0.2, 0.25) is 5.91 Å². The molecule has 4 heteroatoms. The number of ether oxygens (including phenoxy) is 1. The van der Waals surface area contributed by atoms with E-state index in [0.717, 1.165) is 39.0 Å². The number of nitrogens with one attached hydrogen (secondary N) is 2. The largest absolute Gasteiger partial charge is 0.378 e. The van der Waals surface area contributed by atoms with Crippen molar-refractivity contribution in [2.75, 3.05) is 19.7 Å². The van der Waals surface area contributed by atoms with Crippen LogP contribution in [0.5, 0.6) is 0 Å². The molecule has 2 fully saturated rings. The Hall–Kier alpha value is -0.610. The van der Waals surface area contributed by atoms with Crippen molar-refractivity contribution in [1.82, 2.24) is 10.6 Å². The van der Waals surface area contributed by atoms with Gasteiger partial charge >= 0.3 is 0 Å². The highest BCUT2D eigenvalue weighted by Gasteiger charge is 2.49. The average molecular weight is 268 g/mol. The Morgan fingerprint density at radius 3 is 2.63 bits per heavy atom. The van der Waals surface area contributed by atoms with Gasteiger partial charge in [0, 0.05) is 24.5 Å².